The Morgan fingerprint density at radius 2 is 2.10 bits per heavy atom. The number of thioether (sulfide) groups is 1. The summed E-state index contributed by atoms with van der Waals surface area (Å²) in [5.41, 5.74) is 2.29. The molecule has 0 saturated heterocycles. The summed E-state index contributed by atoms with van der Waals surface area (Å²) >= 11 is 4.84. The van der Waals surface area contributed by atoms with Crippen LogP contribution in [0.2, 0.25) is 0 Å². The first kappa shape index (κ1) is 20.1. The van der Waals surface area contributed by atoms with Gasteiger partial charge in [-0.15, -0.1) is 0 Å². The second-order valence-electron chi connectivity index (χ2n) is 6.96. The number of hydrogen-bond donors (Lipinski definition) is 0. The number of nitrogens with zero attached hydrogens (tertiary/aromatic N) is 4. The molecule has 31 heavy (non-hydrogen) atoms. The molecule has 1 atom stereocenters. The third-order valence-electron chi connectivity index (χ3n) is 5.08. The highest BCUT2D eigenvalue weighted by Gasteiger charge is 2.44. The van der Waals surface area contributed by atoms with Gasteiger partial charge in [-0.05, 0) is 42.2 Å². The number of benzene rings is 2. The summed E-state index contributed by atoms with van der Waals surface area (Å²) in [6.07, 6.45) is -0.678. The average molecular weight is 501 g/mol. The normalized spacial score (nSPS) is 16.1. The number of carbonyl (C=O) groups is 1. The van der Waals surface area contributed by atoms with E-state index < -0.39 is 6.17 Å². The zero-order valence-electron chi connectivity index (χ0n) is 16.7. The van der Waals surface area contributed by atoms with Gasteiger partial charge in [-0.1, -0.05) is 39.3 Å². The molecular weight excluding hydrogens is 484 g/mol. The number of amides is 1. The highest BCUT2D eigenvalue weighted by molar-refractivity contribution is 9.10. The van der Waals surface area contributed by atoms with Crippen molar-refractivity contribution in [2.24, 2.45) is 0 Å². The molecule has 2 aliphatic rings. The lowest BCUT2D eigenvalue weighted by Crippen LogP contribution is -2.58. The Hall–Kier alpha value is -2.85. The van der Waals surface area contributed by atoms with Gasteiger partial charge in [0.05, 0.1) is 17.1 Å². The van der Waals surface area contributed by atoms with Gasteiger partial charge < -0.3 is 14.6 Å². The van der Waals surface area contributed by atoms with E-state index in [1.54, 1.807) is 15.6 Å². The van der Waals surface area contributed by atoms with Gasteiger partial charge in [0.25, 0.3) is 17.0 Å². The van der Waals surface area contributed by atoms with E-state index in [0.717, 1.165) is 10.0 Å². The van der Waals surface area contributed by atoms with Crippen molar-refractivity contribution in [2.45, 2.75) is 25.2 Å². The maximum Gasteiger partial charge on any atom is 0.293 e. The lowest BCUT2D eigenvalue weighted by atomic mass is 10.0. The molecule has 0 spiro atoms. The summed E-state index contributed by atoms with van der Waals surface area (Å²) in [7, 11) is 0. The average Bonchev–Trinajstić information content (AvgIpc) is 3.20. The standard InChI is InChI=1S/C21H17BrN4O4S/c1-3-31-21-23-19(28)18-14-9-13(22)5-6-15(14)25(11(2)27)20(26(18)24-21)12-4-7-16-17(8-12)30-10-29-16/h4-9,20H,3,10H2,1-2H3. The van der Waals surface area contributed by atoms with Gasteiger partial charge in [-0.2, -0.15) is 0 Å². The van der Waals surface area contributed by atoms with Crippen LogP contribution >= 0.6 is 27.7 Å². The van der Waals surface area contributed by atoms with Crippen LogP contribution in [0.25, 0.3) is 11.3 Å². The maximum absolute atomic E-state index is 13.1. The van der Waals surface area contributed by atoms with Gasteiger partial charge in [-0.25, -0.2) is 9.88 Å². The zero-order valence-corrected chi connectivity index (χ0v) is 19.1. The topological polar surface area (TPSA) is 91.5 Å². The number of ether oxygens (including phenoxy) is 2. The summed E-state index contributed by atoms with van der Waals surface area (Å²) in [5, 5.41) is 18.2. The number of hydrogen-bond acceptors (Lipinski definition) is 7. The molecule has 0 radical (unpaired) electrons. The van der Waals surface area contributed by atoms with Crippen LogP contribution in [0.5, 0.6) is 17.4 Å². The van der Waals surface area contributed by atoms with Crippen molar-refractivity contribution in [3.05, 3.63) is 46.4 Å². The number of aromatic nitrogens is 3. The fourth-order valence-electron chi connectivity index (χ4n) is 3.86. The summed E-state index contributed by atoms with van der Waals surface area (Å²) < 4.78 is 13.4. The fraction of sp³-hybridized carbons (Fsp3) is 0.238. The van der Waals surface area contributed by atoms with Crippen LogP contribution in [0.4, 0.5) is 5.69 Å². The molecule has 3 aromatic rings. The summed E-state index contributed by atoms with van der Waals surface area (Å²) in [6.45, 7) is 3.61. The molecule has 0 fully saturated rings. The first-order valence-corrected chi connectivity index (χ1v) is 11.4. The Kier molecular flexibility index (Phi) is 4.98. The largest absolute Gasteiger partial charge is 0.854 e. The van der Waals surface area contributed by atoms with Gasteiger partial charge >= 0.3 is 0 Å². The molecule has 1 aromatic heterocycles. The predicted molar refractivity (Wildman–Crippen MR) is 115 cm³/mol. The minimum atomic E-state index is -0.678. The molecule has 158 valence electrons. The summed E-state index contributed by atoms with van der Waals surface area (Å²) in [6, 6.07) is 10.9. The Morgan fingerprint density at radius 3 is 2.87 bits per heavy atom. The number of rotatable bonds is 3. The monoisotopic (exact) mass is 500 g/mol. The molecule has 5 rings (SSSR count). The van der Waals surface area contributed by atoms with Crippen molar-refractivity contribution in [3.63, 3.8) is 0 Å². The van der Waals surface area contributed by atoms with Crippen LogP contribution in [0.3, 0.4) is 0 Å². The van der Waals surface area contributed by atoms with Crippen molar-refractivity contribution in [1.29, 1.82) is 0 Å². The number of anilines is 1. The molecule has 1 unspecified atom stereocenters. The second kappa shape index (κ2) is 7.69. The Bertz CT molecular complexity index is 1220. The number of halogens is 1. The van der Waals surface area contributed by atoms with Crippen molar-refractivity contribution < 1.29 is 24.1 Å². The lowest BCUT2D eigenvalue weighted by molar-refractivity contribution is -0.764. The van der Waals surface area contributed by atoms with Crippen LogP contribution in [-0.2, 0) is 4.79 Å². The van der Waals surface area contributed by atoms with Gasteiger partial charge in [-0.3, -0.25) is 4.79 Å². The minimum Gasteiger partial charge on any atom is -0.854 e. The molecule has 3 heterocycles. The first-order chi connectivity index (χ1) is 15.0. The van der Waals surface area contributed by atoms with E-state index in [4.69, 9.17) is 9.47 Å². The van der Waals surface area contributed by atoms with E-state index in [2.05, 4.69) is 26.0 Å². The molecule has 2 aliphatic heterocycles. The molecule has 8 nitrogen and oxygen atoms in total. The first-order valence-electron chi connectivity index (χ1n) is 9.61. The van der Waals surface area contributed by atoms with Crippen LogP contribution in [-0.4, -0.2) is 28.5 Å². The van der Waals surface area contributed by atoms with E-state index in [1.807, 2.05) is 37.3 Å². The molecule has 10 heteroatoms. The highest BCUT2D eigenvalue weighted by atomic mass is 79.9. The molecule has 0 saturated carbocycles. The Labute approximate surface area is 190 Å². The van der Waals surface area contributed by atoms with Gasteiger partial charge in [0, 0.05) is 22.1 Å². The SMILES string of the molecule is CCSc1nc([O-])c2[n+](n1)C(c1ccc3c(c1)OCO3)N(C(C)=O)c1ccc(Br)cc1-2. The molecule has 0 aliphatic carbocycles. The molecular formula is C21H17BrN4O4S. The quantitative estimate of drug-likeness (QED) is 0.403. The van der Waals surface area contributed by atoms with E-state index in [-0.39, 0.29) is 18.6 Å². The molecule has 1 amide bonds. The number of fused-ring (bicyclic) bond motifs is 4. The fourth-order valence-corrected chi connectivity index (χ4v) is 4.78. The summed E-state index contributed by atoms with van der Waals surface area (Å²) in [4.78, 5) is 18.7. The molecule has 0 bridgehead atoms. The van der Waals surface area contributed by atoms with Crippen LogP contribution in [0.1, 0.15) is 25.6 Å². The van der Waals surface area contributed by atoms with Gasteiger partial charge in [0.1, 0.15) is 0 Å². The van der Waals surface area contributed by atoms with E-state index in [1.165, 1.54) is 18.7 Å². The lowest BCUT2D eigenvalue weighted by Gasteiger charge is -2.33. The van der Waals surface area contributed by atoms with Crippen LogP contribution in [0, 0.1) is 0 Å². The van der Waals surface area contributed by atoms with Crippen LogP contribution in [0.15, 0.2) is 46.0 Å². The van der Waals surface area contributed by atoms with Crippen molar-refractivity contribution >= 4 is 39.3 Å². The van der Waals surface area contributed by atoms with E-state index >= 15 is 0 Å². The van der Waals surface area contributed by atoms with Gasteiger partial charge in [0.15, 0.2) is 11.5 Å². The van der Waals surface area contributed by atoms with Crippen LogP contribution < -0.4 is 24.2 Å². The van der Waals surface area contributed by atoms with Gasteiger partial charge in [0.2, 0.25) is 12.7 Å². The zero-order chi connectivity index (χ0) is 21.7. The minimum absolute atomic E-state index is 0.143. The van der Waals surface area contributed by atoms with Crippen molar-refractivity contribution in [1.82, 2.24) is 10.1 Å². The molecule has 0 N–H and O–H groups in total. The van der Waals surface area contributed by atoms with Crippen molar-refractivity contribution in [3.8, 4) is 28.6 Å². The van der Waals surface area contributed by atoms with Crippen molar-refractivity contribution in [2.75, 3.05) is 17.4 Å². The predicted octanol–water partition coefficient (Wildman–Crippen LogP) is 3.02. The third-order valence-corrected chi connectivity index (χ3v) is 6.29. The smallest absolute Gasteiger partial charge is 0.293 e. The Morgan fingerprint density at radius 1 is 1.29 bits per heavy atom. The molecule has 2 aromatic carbocycles. The van der Waals surface area contributed by atoms with E-state index in [0.29, 0.717) is 39.4 Å². The maximum atomic E-state index is 13.1. The third kappa shape index (κ3) is 3.30. The number of carbonyl (C=O) groups excluding carboxylic acids is 1. The highest BCUT2D eigenvalue weighted by Crippen LogP contribution is 2.43. The van der Waals surface area contributed by atoms with E-state index in [9.17, 15) is 9.90 Å². The Balaban J connectivity index is 1.81. The second-order valence-corrected chi connectivity index (χ2v) is 9.11. The summed E-state index contributed by atoms with van der Waals surface area (Å²) in [5.74, 6) is 1.37.